The zero-order chi connectivity index (χ0) is 23.8. The zero-order valence-electron chi connectivity index (χ0n) is 19.4. The number of aliphatic hydroxyl groups excluding tert-OH is 1. The van der Waals surface area contributed by atoms with Crippen molar-refractivity contribution in [3.8, 4) is 11.5 Å². The molecule has 0 bridgehead atoms. The lowest BCUT2D eigenvalue weighted by Crippen LogP contribution is -2.32. The van der Waals surface area contributed by atoms with Crippen LogP contribution in [0.25, 0.3) is 5.76 Å². The number of methoxy groups -OCH3 is 1. The first-order valence-corrected chi connectivity index (χ1v) is 11.2. The van der Waals surface area contributed by atoms with Crippen LogP contribution in [0.15, 0.2) is 54.1 Å². The lowest BCUT2D eigenvalue weighted by atomic mass is 9.95. The molecule has 33 heavy (non-hydrogen) atoms. The van der Waals surface area contributed by atoms with Crippen molar-refractivity contribution in [3.63, 3.8) is 0 Å². The number of ether oxygens (including phenoxy) is 3. The Balaban J connectivity index is 2.03. The molecular weight excluding hydrogens is 422 g/mol. The highest BCUT2D eigenvalue weighted by Crippen LogP contribution is 2.40. The molecule has 0 aliphatic carbocycles. The number of benzene rings is 2. The van der Waals surface area contributed by atoms with Crippen LogP contribution in [0.3, 0.4) is 0 Å². The maximum absolute atomic E-state index is 13.0. The number of Topliss-reactive ketones (excluding diaryl/α,β-unsaturated/α-hetero) is 1. The lowest BCUT2D eigenvalue weighted by molar-refractivity contribution is -0.140. The molecule has 1 unspecified atom stereocenters. The van der Waals surface area contributed by atoms with Gasteiger partial charge in [0.15, 0.2) is 0 Å². The summed E-state index contributed by atoms with van der Waals surface area (Å²) in [5, 5.41) is 11.1. The minimum Gasteiger partial charge on any atom is -0.507 e. The SMILES string of the molecule is CCCCOc1ccc(C2/C(=C(/O)c3cccc(OCC)c3)C(=O)C(=O)N2CCOC)cc1. The molecule has 7 nitrogen and oxygen atoms in total. The normalized spacial score (nSPS) is 17.4. The molecule has 176 valence electrons. The predicted octanol–water partition coefficient (Wildman–Crippen LogP) is 4.33. The molecule has 1 atom stereocenters. The second kappa shape index (κ2) is 11.5. The third-order valence-corrected chi connectivity index (χ3v) is 5.46. The molecule has 1 fully saturated rings. The molecule has 1 aliphatic rings. The standard InChI is InChI=1S/C26H31NO6/c1-4-6-15-33-20-12-10-18(11-13-20)23-22(25(29)26(30)27(23)14-16-31-3)24(28)19-8-7-9-21(17-19)32-5-2/h7-13,17,23,28H,4-6,14-16H2,1-3H3/b24-22-. The summed E-state index contributed by atoms with van der Waals surface area (Å²) in [5.74, 6) is -0.338. The molecule has 3 rings (SSSR count). The van der Waals surface area contributed by atoms with E-state index in [-0.39, 0.29) is 24.5 Å². The summed E-state index contributed by atoms with van der Waals surface area (Å²) < 4.78 is 16.4. The molecule has 2 aromatic carbocycles. The minimum absolute atomic E-state index is 0.0457. The van der Waals surface area contributed by atoms with Crippen molar-refractivity contribution in [3.05, 3.63) is 65.2 Å². The van der Waals surface area contributed by atoms with Crippen molar-refractivity contribution in [1.29, 1.82) is 0 Å². The summed E-state index contributed by atoms with van der Waals surface area (Å²) in [6.45, 7) is 5.54. The summed E-state index contributed by atoms with van der Waals surface area (Å²) in [4.78, 5) is 27.3. The maximum atomic E-state index is 13.0. The van der Waals surface area contributed by atoms with E-state index in [1.165, 1.54) is 12.0 Å². The number of likely N-dealkylation sites (tertiary alicyclic amines) is 1. The average Bonchev–Trinajstić information content (AvgIpc) is 3.08. The molecule has 7 heteroatoms. The molecule has 1 heterocycles. The Bertz CT molecular complexity index is 998. The van der Waals surface area contributed by atoms with Gasteiger partial charge in [0, 0.05) is 19.2 Å². The van der Waals surface area contributed by atoms with Gasteiger partial charge in [-0.2, -0.15) is 0 Å². The highest BCUT2D eigenvalue weighted by Gasteiger charge is 2.45. The third kappa shape index (κ3) is 5.54. The average molecular weight is 454 g/mol. The molecule has 1 saturated heterocycles. The van der Waals surface area contributed by atoms with Crippen molar-refractivity contribution in [2.45, 2.75) is 32.7 Å². The van der Waals surface area contributed by atoms with Gasteiger partial charge in [-0.25, -0.2) is 0 Å². The highest BCUT2D eigenvalue weighted by molar-refractivity contribution is 6.46. The number of ketones is 1. The first-order chi connectivity index (χ1) is 16.0. The molecule has 0 radical (unpaired) electrons. The van der Waals surface area contributed by atoms with Gasteiger partial charge in [0.2, 0.25) is 0 Å². The van der Waals surface area contributed by atoms with E-state index in [1.807, 2.05) is 31.2 Å². The van der Waals surface area contributed by atoms with Crippen molar-refractivity contribution in [1.82, 2.24) is 4.90 Å². The molecule has 1 N–H and O–H groups in total. The summed E-state index contributed by atoms with van der Waals surface area (Å²) in [6.07, 6.45) is 2.00. The van der Waals surface area contributed by atoms with Gasteiger partial charge >= 0.3 is 0 Å². The van der Waals surface area contributed by atoms with Crippen LogP contribution in [0, 0.1) is 0 Å². The van der Waals surface area contributed by atoms with Gasteiger partial charge in [0.1, 0.15) is 17.3 Å². The molecular formula is C26H31NO6. The zero-order valence-corrected chi connectivity index (χ0v) is 19.4. The van der Waals surface area contributed by atoms with Gasteiger partial charge in [-0.3, -0.25) is 9.59 Å². The molecule has 2 aromatic rings. The largest absolute Gasteiger partial charge is 0.507 e. The van der Waals surface area contributed by atoms with Crippen LogP contribution >= 0.6 is 0 Å². The number of carbonyl (C=O) groups is 2. The molecule has 0 aromatic heterocycles. The number of nitrogens with zero attached hydrogens (tertiary/aromatic N) is 1. The van der Waals surface area contributed by atoms with Gasteiger partial charge in [-0.15, -0.1) is 0 Å². The number of hydrogen-bond donors (Lipinski definition) is 1. The van der Waals surface area contributed by atoms with Gasteiger partial charge in [-0.05, 0) is 43.2 Å². The van der Waals surface area contributed by atoms with E-state index in [1.54, 1.807) is 24.3 Å². The second-order valence-corrected chi connectivity index (χ2v) is 7.72. The minimum atomic E-state index is -0.736. The van der Waals surface area contributed by atoms with Crippen LogP contribution in [-0.2, 0) is 14.3 Å². The van der Waals surface area contributed by atoms with Crippen LogP contribution in [0.4, 0.5) is 0 Å². The fourth-order valence-electron chi connectivity index (χ4n) is 3.78. The predicted molar refractivity (Wildman–Crippen MR) is 125 cm³/mol. The Morgan fingerprint density at radius 2 is 1.76 bits per heavy atom. The van der Waals surface area contributed by atoms with Crippen LogP contribution in [0.5, 0.6) is 11.5 Å². The summed E-state index contributed by atoms with van der Waals surface area (Å²) in [6, 6.07) is 13.4. The number of unbranched alkanes of at least 4 members (excludes halogenated alkanes) is 1. The van der Waals surface area contributed by atoms with Gasteiger partial charge in [0.25, 0.3) is 11.7 Å². The Hall–Kier alpha value is -3.32. The first kappa shape index (κ1) is 24.3. The molecule has 0 saturated carbocycles. The van der Waals surface area contributed by atoms with Crippen LogP contribution < -0.4 is 9.47 Å². The number of hydrogen-bond acceptors (Lipinski definition) is 6. The first-order valence-electron chi connectivity index (χ1n) is 11.2. The van der Waals surface area contributed by atoms with E-state index in [4.69, 9.17) is 14.2 Å². The van der Waals surface area contributed by atoms with Crippen LogP contribution in [0.1, 0.15) is 43.9 Å². The number of aliphatic hydroxyl groups is 1. The second-order valence-electron chi connectivity index (χ2n) is 7.72. The Kier molecular flexibility index (Phi) is 8.49. The summed E-state index contributed by atoms with van der Waals surface area (Å²) >= 11 is 0. The van der Waals surface area contributed by atoms with Crippen molar-refractivity contribution in [2.24, 2.45) is 0 Å². The lowest BCUT2D eigenvalue weighted by Gasteiger charge is -2.25. The number of rotatable bonds is 11. The fraction of sp³-hybridized carbons (Fsp3) is 0.385. The van der Waals surface area contributed by atoms with E-state index in [9.17, 15) is 14.7 Å². The van der Waals surface area contributed by atoms with E-state index in [2.05, 4.69) is 6.92 Å². The Morgan fingerprint density at radius 1 is 1.00 bits per heavy atom. The van der Waals surface area contributed by atoms with Crippen molar-refractivity contribution < 1.29 is 28.9 Å². The quantitative estimate of drug-likeness (QED) is 0.236. The molecule has 0 spiro atoms. The van der Waals surface area contributed by atoms with Gasteiger partial charge in [0.05, 0.1) is 31.4 Å². The smallest absolute Gasteiger partial charge is 0.295 e. The van der Waals surface area contributed by atoms with Crippen LogP contribution in [0.2, 0.25) is 0 Å². The van der Waals surface area contributed by atoms with Crippen LogP contribution in [-0.4, -0.2) is 55.2 Å². The Morgan fingerprint density at radius 3 is 2.42 bits per heavy atom. The number of carbonyl (C=O) groups excluding carboxylic acids is 2. The van der Waals surface area contributed by atoms with Crippen molar-refractivity contribution in [2.75, 3.05) is 33.5 Å². The van der Waals surface area contributed by atoms with E-state index < -0.39 is 17.7 Å². The number of amides is 1. The molecule has 1 amide bonds. The topological polar surface area (TPSA) is 85.3 Å². The maximum Gasteiger partial charge on any atom is 0.295 e. The highest BCUT2D eigenvalue weighted by atomic mass is 16.5. The van der Waals surface area contributed by atoms with Gasteiger partial charge < -0.3 is 24.2 Å². The molecule has 1 aliphatic heterocycles. The monoisotopic (exact) mass is 453 g/mol. The Labute approximate surface area is 194 Å². The van der Waals surface area contributed by atoms with E-state index in [0.717, 1.165) is 12.8 Å². The van der Waals surface area contributed by atoms with E-state index >= 15 is 0 Å². The summed E-state index contributed by atoms with van der Waals surface area (Å²) in [7, 11) is 1.53. The van der Waals surface area contributed by atoms with E-state index in [0.29, 0.717) is 35.8 Å². The fourth-order valence-corrected chi connectivity index (χ4v) is 3.78. The third-order valence-electron chi connectivity index (χ3n) is 5.46. The van der Waals surface area contributed by atoms with Crippen molar-refractivity contribution >= 4 is 17.4 Å². The van der Waals surface area contributed by atoms with Gasteiger partial charge in [-0.1, -0.05) is 37.6 Å². The summed E-state index contributed by atoms with van der Waals surface area (Å²) in [5.41, 5.74) is 1.16.